The lowest BCUT2D eigenvalue weighted by atomic mass is 9.82. The minimum absolute atomic E-state index is 0.118. The first-order chi connectivity index (χ1) is 8.75. The molecule has 1 saturated heterocycles. The number of aromatic nitrogens is 1. The van der Waals surface area contributed by atoms with E-state index in [2.05, 4.69) is 4.98 Å². The maximum Gasteiger partial charge on any atom is 0.169 e. The molecule has 1 atom stereocenters. The fourth-order valence-corrected chi connectivity index (χ4v) is 2.91. The Bertz CT molecular complexity index is 495. The average Bonchev–Trinajstić information content (AvgIpc) is 2.56. The SMILES string of the molecule is CC1(C)CC(C(=O)c2ccnc(CN)c2)C(C)(C)O1. The van der Waals surface area contributed by atoms with E-state index in [1.807, 2.05) is 27.7 Å². The summed E-state index contributed by atoms with van der Waals surface area (Å²) in [5.41, 5.74) is 6.29. The molecule has 1 fully saturated rings. The second kappa shape index (κ2) is 4.69. The van der Waals surface area contributed by atoms with Crippen molar-refractivity contribution in [1.29, 1.82) is 0 Å². The molecule has 0 spiro atoms. The van der Waals surface area contributed by atoms with E-state index in [0.717, 1.165) is 12.1 Å². The molecule has 2 heterocycles. The molecule has 1 aromatic heterocycles. The first kappa shape index (κ1) is 14.2. The maximum atomic E-state index is 12.7. The van der Waals surface area contributed by atoms with Crippen molar-refractivity contribution in [1.82, 2.24) is 4.98 Å². The molecule has 4 heteroatoms. The van der Waals surface area contributed by atoms with Crippen LogP contribution in [0.5, 0.6) is 0 Å². The standard InChI is InChI=1S/C15H22N2O2/c1-14(2)8-12(15(3,4)19-14)13(18)10-5-6-17-11(7-10)9-16/h5-7,12H,8-9,16H2,1-4H3. The van der Waals surface area contributed by atoms with Gasteiger partial charge in [0.05, 0.1) is 22.8 Å². The van der Waals surface area contributed by atoms with Crippen LogP contribution in [0.4, 0.5) is 0 Å². The summed E-state index contributed by atoms with van der Waals surface area (Å²) < 4.78 is 5.99. The van der Waals surface area contributed by atoms with Crippen molar-refractivity contribution >= 4 is 5.78 Å². The van der Waals surface area contributed by atoms with Gasteiger partial charge < -0.3 is 10.5 Å². The number of nitrogens with two attached hydrogens (primary N) is 1. The smallest absolute Gasteiger partial charge is 0.169 e. The minimum Gasteiger partial charge on any atom is -0.369 e. The minimum atomic E-state index is -0.438. The molecule has 1 aromatic rings. The molecule has 19 heavy (non-hydrogen) atoms. The summed E-state index contributed by atoms with van der Waals surface area (Å²) in [4.78, 5) is 16.8. The molecule has 1 aliphatic heterocycles. The molecular weight excluding hydrogens is 240 g/mol. The second-order valence-corrected chi connectivity index (χ2v) is 6.33. The molecule has 0 radical (unpaired) electrons. The number of Topliss-reactive ketones (excluding diaryl/α,β-unsaturated/α-hetero) is 1. The van der Waals surface area contributed by atoms with E-state index in [4.69, 9.17) is 10.5 Å². The van der Waals surface area contributed by atoms with E-state index in [-0.39, 0.29) is 17.3 Å². The zero-order valence-electron chi connectivity index (χ0n) is 12.1. The predicted molar refractivity (Wildman–Crippen MR) is 73.8 cm³/mol. The van der Waals surface area contributed by atoms with E-state index in [1.165, 1.54) is 0 Å². The van der Waals surface area contributed by atoms with Crippen molar-refractivity contribution in [3.8, 4) is 0 Å². The van der Waals surface area contributed by atoms with Crippen molar-refractivity contribution in [2.45, 2.75) is 51.9 Å². The van der Waals surface area contributed by atoms with Crippen LogP contribution in [0.15, 0.2) is 18.3 Å². The first-order valence-corrected chi connectivity index (χ1v) is 6.64. The van der Waals surface area contributed by atoms with E-state index >= 15 is 0 Å². The third-order valence-corrected chi connectivity index (χ3v) is 3.70. The van der Waals surface area contributed by atoms with Crippen molar-refractivity contribution in [3.05, 3.63) is 29.6 Å². The third kappa shape index (κ3) is 2.85. The highest BCUT2D eigenvalue weighted by molar-refractivity contribution is 5.98. The van der Waals surface area contributed by atoms with Gasteiger partial charge in [-0.15, -0.1) is 0 Å². The number of ketones is 1. The van der Waals surface area contributed by atoms with Gasteiger partial charge in [-0.3, -0.25) is 9.78 Å². The van der Waals surface area contributed by atoms with Gasteiger partial charge in [-0.1, -0.05) is 0 Å². The van der Waals surface area contributed by atoms with Crippen LogP contribution in [0.2, 0.25) is 0 Å². The second-order valence-electron chi connectivity index (χ2n) is 6.33. The quantitative estimate of drug-likeness (QED) is 0.849. The molecule has 1 unspecified atom stereocenters. The number of rotatable bonds is 3. The van der Waals surface area contributed by atoms with Gasteiger partial charge in [0.2, 0.25) is 0 Å². The predicted octanol–water partition coefficient (Wildman–Crippen LogP) is 2.32. The van der Waals surface area contributed by atoms with Crippen molar-refractivity contribution < 1.29 is 9.53 Å². The summed E-state index contributed by atoms with van der Waals surface area (Å²) in [7, 11) is 0. The van der Waals surface area contributed by atoms with Crippen LogP contribution in [-0.2, 0) is 11.3 Å². The Balaban J connectivity index is 2.29. The summed E-state index contributed by atoms with van der Waals surface area (Å²) >= 11 is 0. The summed E-state index contributed by atoms with van der Waals surface area (Å²) in [6.07, 6.45) is 2.38. The highest BCUT2D eigenvalue weighted by Gasteiger charge is 2.49. The van der Waals surface area contributed by atoms with Crippen LogP contribution >= 0.6 is 0 Å². The van der Waals surface area contributed by atoms with Gasteiger partial charge in [-0.25, -0.2) is 0 Å². The number of carbonyl (C=O) groups excluding carboxylic acids is 1. The molecule has 0 aliphatic carbocycles. The van der Waals surface area contributed by atoms with Gasteiger partial charge in [-0.2, -0.15) is 0 Å². The van der Waals surface area contributed by atoms with E-state index < -0.39 is 5.60 Å². The summed E-state index contributed by atoms with van der Waals surface area (Å²) in [6, 6.07) is 3.53. The zero-order chi connectivity index (χ0) is 14.3. The fraction of sp³-hybridized carbons (Fsp3) is 0.600. The lowest BCUT2D eigenvalue weighted by Crippen LogP contribution is -2.34. The van der Waals surface area contributed by atoms with Crippen molar-refractivity contribution in [3.63, 3.8) is 0 Å². The molecule has 1 aliphatic rings. The number of ether oxygens (including phenoxy) is 1. The van der Waals surface area contributed by atoms with Crippen LogP contribution in [0, 0.1) is 5.92 Å². The number of carbonyl (C=O) groups is 1. The van der Waals surface area contributed by atoms with E-state index in [9.17, 15) is 4.79 Å². The largest absolute Gasteiger partial charge is 0.369 e. The van der Waals surface area contributed by atoms with Gasteiger partial charge in [0.15, 0.2) is 5.78 Å². The molecule has 4 nitrogen and oxygen atoms in total. The third-order valence-electron chi connectivity index (χ3n) is 3.70. The van der Waals surface area contributed by atoms with Crippen LogP contribution in [0.3, 0.4) is 0 Å². The van der Waals surface area contributed by atoms with E-state index in [0.29, 0.717) is 12.1 Å². The van der Waals surface area contributed by atoms with Gasteiger partial charge in [0.25, 0.3) is 0 Å². The van der Waals surface area contributed by atoms with Crippen LogP contribution in [-0.4, -0.2) is 22.0 Å². The highest BCUT2D eigenvalue weighted by atomic mass is 16.5. The van der Waals surface area contributed by atoms with Gasteiger partial charge in [0.1, 0.15) is 0 Å². The number of nitrogens with zero attached hydrogens (tertiary/aromatic N) is 1. The Morgan fingerprint density at radius 2 is 2.16 bits per heavy atom. The molecule has 104 valence electrons. The summed E-state index contributed by atoms with van der Waals surface area (Å²) in [5.74, 6) is -0.0109. The number of pyridine rings is 1. The molecule has 0 bridgehead atoms. The Morgan fingerprint density at radius 1 is 1.47 bits per heavy atom. The van der Waals surface area contributed by atoms with E-state index in [1.54, 1.807) is 18.3 Å². The lowest BCUT2D eigenvalue weighted by molar-refractivity contribution is -0.0712. The molecule has 0 aromatic carbocycles. The molecule has 0 saturated carbocycles. The first-order valence-electron chi connectivity index (χ1n) is 6.64. The summed E-state index contributed by atoms with van der Waals surface area (Å²) in [5, 5.41) is 0. The molecule has 2 N–H and O–H groups in total. The Morgan fingerprint density at radius 3 is 2.68 bits per heavy atom. The Hall–Kier alpha value is -1.26. The highest BCUT2D eigenvalue weighted by Crippen LogP contribution is 2.43. The number of hydrogen-bond acceptors (Lipinski definition) is 4. The van der Waals surface area contributed by atoms with Gasteiger partial charge in [-0.05, 0) is 46.2 Å². The van der Waals surface area contributed by atoms with Gasteiger partial charge in [0, 0.05) is 18.3 Å². The van der Waals surface area contributed by atoms with Crippen LogP contribution < -0.4 is 5.73 Å². The molecular formula is C15H22N2O2. The molecule has 2 rings (SSSR count). The monoisotopic (exact) mass is 262 g/mol. The topological polar surface area (TPSA) is 65.2 Å². The van der Waals surface area contributed by atoms with Crippen LogP contribution in [0.25, 0.3) is 0 Å². The zero-order valence-corrected chi connectivity index (χ0v) is 12.1. The average molecular weight is 262 g/mol. The number of hydrogen-bond donors (Lipinski definition) is 1. The molecule has 0 amide bonds. The van der Waals surface area contributed by atoms with Crippen LogP contribution in [0.1, 0.15) is 50.2 Å². The lowest BCUT2D eigenvalue weighted by Gasteiger charge is -2.26. The van der Waals surface area contributed by atoms with Crippen molar-refractivity contribution in [2.24, 2.45) is 11.7 Å². The Labute approximate surface area is 114 Å². The van der Waals surface area contributed by atoms with Gasteiger partial charge >= 0.3 is 0 Å². The Kier molecular flexibility index (Phi) is 3.49. The maximum absolute atomic E-state index is 12.7. The van der Waals surface area contributed by atoms with Crippen molar-refractivity contribution in [2.75, 3.05) is 0 Å². The normalized spacial score (nSPS) is 24.4. The summed E-state index contributed by atoms with van der Waals surface area (Å²) in [6.45, 7) is 8.36. The fourth-order valence-electron chi connectivity index (χ4n) is 2.91.